The zero-order valence-corrected chi connectivity index (χ0v) is 15.9. The average molecular weight is 365 g/mol. The second-order valence-corrected chi connectivity index (χ2v) is 7.24. The maximum atomic E-state index is 3.47. The van der Waals surface area contributed by atoms with E-state index in [0.717, 1.165) is 6.42 Å². The summed E-state index contributed by atoms with van der Waals surface area (Å²) in [5.41, 5.74) is 7.56. The van der Waals surface area contributed by atoms with Crippen molar-refractivity contribution < 1.29 is 0 Å². The van der Waals surface area contributed by atoms with Crippen molar-refractivity contribution in [3.05, 3.63) is 102 Å². The monoisotopic (exact) mass is 365 g/mol. The Morgan fingerprint density at radius 3 is 1.86 bits per heavy atom. The Labute approximate surface area is 164 Å². The molecule has 5 aromatic rings. The quantitative estimate of drug-likeness (QED) is 0.348. The van der Waals surface area contributed by atoms with Crippen LogP contribution < -0.4 is 5.32 Å². The molecule has 0 amide bonds. The van der Waals surface area contributed by atoms with Crippen LogP contribution in [0.1, 0.15) is 22.6 Å². The van der Waals surface area contributed by atoms with Crippen molar-refractivity contribution in [1.82, 2.24) is 9.97 Å². The maximum Gasteiger partial charge on any atom is 0.0457 e. The van der Waals surface area contributed by atoms with E-state index >= 15 is 0 Å². The zero-order valence-electron chi connectivity index (χ0n) is 15.9. The number of fused-ring (bicyclic) bond motifs is 2. The average Bonchev–Trinajstić information content (AvgIpc) is 3.37. The third kappa shape index (κ3) is 2.76. The summed E-state index contributed by atoms with van der Waals surface area (Å²) < 4.78 is 0. The van der Waals surface area contributed by atoms with Gasteiger partial charge in [-0.15, -0.1) is 0 Å². The van der Waals surface area contributed by atoms with Crippen LogP contribution in [0.3, 0.4) is 0 Å². The lowest BCUT2D eigenvalue weighted by atomic mass is 9.85. The number of nitrogens with one attached hydrogen (secondary N) is 3. The number of rotatable bonds is 5. The highest BCUT2D eigenvalue weighted by molar-refractivity contribution is 5.88. The van der Waals surface area contributed by atoms with Crippen LogP contribution in [0.25, 0.3) is 21.8 Å². The molecule has 0 fully saturated rings. The summed E-state index contributed by atoms with van der Waals surface area (Å²) in [5.74, 6) is 0.252. The van der Waals surface area contributed by atoms with Gasteiger partial charge < -0.3 is 15.3 Å². The van der Waals surface area contributed by atoms with E-state index in [-0.39, 0.29) is 5.92 Å². The molecule has 0 aliphatic heterocycles. The molecule has 0 saturated carbocycles. The maximum absolute atomic E-state index is 3.47. The molecule has 0 unspecified atom stereocenters. The van der Waals surface area contributed by atoms with Crippen LogP contribution >= 0.6 is 0 Å². The molecule has 0 spiro atoms. The molecule has 0 aliphatic rings. The normalized spacial score (nSPS) is 11.5. The van der Waals surface area contributed by atoms with Gasteiger partial charge in [0, 0.05) is 52.9 Å². The number of benzene rings is 3. The molecule has 0 aliphatic carbocycles. The molecular weight excluding hydrogens is 342 g/mol. The van der Waals surface area contributed by atoms with E-state index in [4.69, 9.17) is 0 Å². The lowest BCUT2D eigenvalue weighted by Gasteiger charge is -2.19. The molecule has 5 rings (SSSR count). The van der Waals surface area contributed by atoms with Crippen molar-refractivity contribution in [2.24, 2.45) is 0 Å². The summed E-state index contributed by atoms with van der Waals surface area (Å²) in [4.78, 5) is 6.93. The van der Waals surface area contributed by atoms with Gasteiger partial charge in [-0.3, -0.25) is 0 Å². The van der Waals surface area contributed by atoms with Crippen LogP contribution in [0.2, 0.25) is 0 Å². The molecule has 3 nitrogen and oxygen atoms in total. The van der Waals surface area contributed by atoms with Gasteiger partial charge in [-0.2, -0.15) is 0 Å². The summed E-state index contributed by atoms with van der Waals surface area (Å²) in [5, 5.41) is 5.93. The van der Waals surface area contributed by atoms with Crippen molar-refractivity contribution in [1.29, 1.82) is 0 Å². The highest BCUT2D eigenvalue weighted by Crippen LogP contribution is 2.38. The van der Waals surface area contributed by atoms with Gasteiger partial charge in [0.15, 0.2) is 0 Å². The van der Waals surface area contributed by atoms with Gasteiger partial charge in [0.2, 0.25) is 0 Å². The number of H-pyrrole nitrogens is 2. The minimum Gasteiger partial charge on any atom is -0.388 e. The van der Waals surface area contributed by atoms with Crippen LogP contribution in [-0.4, -0.2) is 17.0 Å². The van der Waals surface area contributed by atoms with Crippen molar-refractivity contribution in [2.75, 3.05) is 12.4 Å². The standard InChI is InChI=1S/C25H23N3/c1-26-23-11-5-2-8-17(23)14-20(21-15-27-24-12-6-3-9-18(21)24)22-16-28-25-13-7-4-10-19(22)25/h2-13,15-16,20,26-28H,14H2,1H3. The second kappa shape index (κ2) is 6.93. The van der Waals surface area contributed by atoms with E-state index in [1.54, 1.807) is 0 Å². The molecule has 3 heteroatoms. The van der Waals surface area contributed by atoms with Gasteiger partial charge in [0.1, 0.15) is 0 Å². The van der Waals surface area contributed by atoms with E-state index in [1.165, 1.54) is 44.2 Å². The van der Waals surface area contributed by atoms with Crippen LogP contribution in [0.4, 0.5) is 5.69 Å². The van der Waals surface area contributed by atoms with Gasteiger partial charge in [-0.1, -0.05) is 54.6 Å². The van der Waals surface area contributed by atoms with Crippen molar-refractivity contribution in [3.8, 4) is 0 Å². The molecule has 3 N–H and O–H groups in total. The molecule has 138 valence electrons. The van der Waals surface area contributed by atoms with Crippen molar-refractivity contribution in [2.45, 2.75) is 12.3 Å². The zero-order chi connectivity index (χ0) is 18.9. The lowest BCUT2D eigenvalue weighted by Crippen LogP contribution is -2.06. The fraction of sp³-hybridized carbons (Fsp3) is 0.120. The van der Waals surface area contributed by atoms with E-state index in [0.29, 0.717) is 0 Å². The smallest absolute Gasteiger partial charge is 0.0457 e. The molecule has 2 aromatic heterocycles. The fourth-order valence-electron chi connectivity index (χ4n) is 4.31. The van der Waals surface area contributed by atoms with E-state index in [2.05, 4.69) is 100 Å². The third-order valence-electron chi connectivity index (χ3n) is 5.70. The van der Waals surface area contributed by atoms with E-state index in [1.807, 2.05) is 7.05 Å². The Bertz CT molecular complexity index is 1170. The number of aromatic amines is 2. The second-order valence-electron chi connectivity index (χ2n) is 7.24. The van der Waals surface area contributed by atoms with Gasteiger partial charge in [-0.25, -0.2) is 0 Å². The Morgan fingerprint density at radius 2 is 1.25 bits per heavy atom. The van der Waals surface area contributed by atoms with Gasteiger partial charge in [0.05, 0.1) is 0 Å². The number of aromatic nitrogens is 2. The molecule has 0 bridgehead atoms. The summed E-state index contributed by atoms with van der Waals surface area (Å²) in [6.45, 7) is 0. The minimum atomic E-state index is 0.252. The Hall–Kier alpha value is -3.46. The molecular formula is C25H23N3. The number of hydrogen-bond donors (Lipinski definition) is 3. The topological polar surface area (TPSA) is 43.6 Å². The predicted molar refractivity (Wildman–Crippen MR) is 118 cm³/mol. The van der Waals surface area contributed by atoms with Crippen molar-refractivity contribution >= 4 is 27.5 Å². The summed E-state index contributed by atoms with van der Waals surface area (Å²) in [6, 6.07) is 25.7. The first-order valence-corrected chi connectivity index (χ1v) is 9.73. The molecule has 28 heavy (non-hydrogen) atoms. The van der Waals surface area contributed by atoms with Gasteiger partial charge >= 0.3 is 0 Å². The lowest BCUT2D eigenvalue weighted by molar-refractivity contribution is 0.819. The molecule has 0 saturated heterocycles. The predicted octanol–water partition coefficient (Wildman–Crippen LogP) is 6.07. The van der Waals surface area contributed by atoms with E-state index < -0.39 is 0 Å². The number of anilines is 1. The van der Waals surface area contributed by atoms with Gasteiger partial charge in [-0.05, 0) is 41.3 Å². The first-order valence-electron chi connectivity index (χ1n) is 9.73. The minimum absolute atomic E-state index is 0.252. The SMILES string of the molecule is CNc1ccccc1CC(c1c[nH]c2ccccc12)c1c[nH]c2ccccc12. The van der Waals surface area contributed by atoms with Crippen LogP contribution in [0.5, 0.6) is 0 Å². The molecule has 2 heterocycles. The van der Waals surface area contributed by atoms with Crippen LogP contribution in [-0.2, 0) is 6.42 Å². The highest BCUT2D eigenvalue weighted by atomic mass is 14.8. The first kappa shape index (κ1) is 16.7. The van der Waals surface area contributed by atoms with Crippen molar-refractivity contribution in [3.63, 3.8) is 0 Å². The highest BCUT2D eigenvalue weighted by Gasteiger charge is 2.22. The summed E-state index contributed by atoms with van der Waals surface area (Å²) in [7, 11) is 1.99. The first-order chi connectivity index (χ1) is 13.8. The molecule has 0 radical (unpaired) electrons. The van der Waals surface area contributed by atoms with Gasteiger partial charge in [0.25, 0.3) is 0 Å². The Balaban J connectivity index is 1.70. The summed E-state index contributed by atoms with van der Waals surface area (Å²) in [6.07, 6.45) is 5.29. The number of para-hydroxylation sites is 3. The number of hydrogen-bond acceptors (Lipinski definition) is 1. The summed E-state index contributed by atoms with van der Waals surface area (Å²) >= 11 is 0. The molecule has 3 aromatic carbocycles. The Kier molecular flexibility index (Phi) is 4.13. The van der Waals surface area contributed by atoms with E-state index in [9.17, 15) is 0 Å². The van der Waals surface area contributed by atoms with Crippen LogP contribution in [0.15, 0.2) is 85.2 Å². The van der Waals surface area contributed by atoms with Crippen LogP contribution in [0, 0.1) is 0 Å². The third-order valence-corrected chi connectivity index (χ3v) is 5.70. The fourth-order valence-corrected chi connectivity index (χ4v) is 4.31. The Morgan fingerprint density at radius 1 is 0.714 bits per heavy atom. The molecule has 0 atom stereocenters. The largest absolute Gasteiger partial charge is 0.388 e.